The van der Waals surface area contributed by atoms with Crippen molar-refractivity contribution in [1.29, 1.82) is 0 Å². The molecule has 0 aliphatic rings. The number of halogens is 1. The number of rotatable bonds is 6. The van der Waals surface area contributed by atoms with E-state index in [4.69, 9.17) is 16.3 Å². The summed E-state index contributed by atoms with van der Waals surface area (Å²) in [6.45, 7) is 0.0567. The van der Waals surface area contributed by atoms with Gasteiger partial charge in [0.25, 0.3) is 0 Å². The first-order chi connectivity index (χ1) is 12.7. The molecule has 0 atom stereocenters. The van der Waals surface area contributed by atoms with Crippen LogP contribution in [0.2, 0.25) is 5.02 Å². The smallest absolute Gasteiger partial charge is 0.321 e. The predicted octanol–water partition coefficient (Wildman–Crippen LogP) is 5.24. The third kappa shape index (κ3) is 5.43. The number of anilines is 3. The monoisotopic (exact) mass is 367 g/mol. The molecule has 132 valence electrons. The standard InChI is InChI=1S/C20H18ClN3O2/c21-15-6-12-19(13-7-15)26-14-22-20(25)24-18-10-8-17(9-11-18)23-16-4-2-1-3-5-16/h1-13,23H,14H2,(H2,22,24,25). The molecule has 0 unspecified atom stereocenters. The highest BCUT2D eigenvalue weighted by atomic mass is 35.5. The lowest BCUT2D eigenvalue weighted by molar-refractivity contribution is 0.234. The molecule has 0 radical (unpaired) electrons. The average molecular weight is 368 g/mol. The van der Waals surface area contributed by atoms with Gasteiger partial charge in [0.05, 0.1) is 0 Å². The van der Waals surface area contributed by atoms with Crippen molar-refractivity contribution in [2.45, 2.75) is 0 Å². The van der Waals surface area contributed by atoms with Crippen LogP contribution in [-0.4, -0.2) is 12.8 Å². The molecule has 26 heavy (non-hydrogen) atoms. The van der Waals surface area contributed by atoms with E-state index in [0.29, 0.717) is 16.5 Å². The van der Waals surface area contributed by atoms with Crippen molar-refractivity contribution < 1.29 is 9.53 Å². The quantitative estimate of drug-likeness (QED) is 0.522. The second kappa shape index (κ2) is 8.78. The van der Waals surface area contributed by atoms with E-state index < -0.39 is 0 Å². The van der Waals surface area contributed by atoms with Gasteiger partial charge < -0.3 is 20.7 Å². The first kappa shape index (κ1) is 17.6. The SMILES string of the molecule is O=C(NCOc1ccc(Cl)cc1)Nc1ccc(Nc2ccccc2)cc1. The molecule has 3 aromatic rings. The molecule has 2 amide bonds. The van der Waals surface area contributed by atoms with Crippen LogP contribution in [0.4, 0.5) is 21.9 Å². The Labute approximate surface area is 157 Å². The van der Waals surface area contributed by atoms with Crippen molar-refractivity contribution in [1.82, 2.24) is 5.32 Å². The van der Waals surface area contributed by atoms with Gasteiger partial charge in [-0.3, -0.25) is 0 Å². The van der Waals surface area contributed by atoms with E-state index >= 15 is 0 Å². The summed E-state index contributed by atoms with van der Waals surface area (Å²) in [7, 11) is 0. The Bertz CT molecular complexity index is 837. The summed E-state index contributed by atoms with van der Waals surface area (Å²) >= 11 is 5.80. The van der Waals surface area contributed by atoms with Crippen LogP contribution in [0.1, 0.15) is 0 Å². The van der Waals surface area contributed by atoms with Crippen molar-refractivity contribution >= 4 is 34.7 Å². The van der Waals surface area contributed by atoms with E-state index in [-0.39, 0.29) is 12.8 Å². The minimum atomic E-state index is -0.345. The fourth-order valence-electron chi connectivity index (χ4n) is 2.22. The average Bonchev–Trinajstić information content (AvgIpc) is 2.66. The highest BCUT2D eigenvalue weighted by Gasteiger charge is 2.02. The molecule has 0 bridgehead atoms. The molecule has 0 saturated carbocycles. The third-order valence-corrected chi connectivity index (χ3v) is 3.74. The van der Waals surface area contributed by atoms with Crippen molar-refractivity contribution in [3.05, 3.63) is 83.9 Å². The maximum absolute atomic E-state index is 11.9. The first-order valence-corrected chi connectivity index (χ1v) is 8.42. The fraction of sp³-hybridized carbons (Fsp3) is 0.0500. The summed E-state index contributed by atoms with van der Waals surface area (Å²) in [5.74, 6) is 0.631. The third-order valence-electron chi connectivity index (χ3n) is 3.49. The van der Waals surface area contributed by atoms with Crippen LogP contribution in [0, 0.1) is 0 Å². The van der Waals surface area contributed by atoms with E-state index in [1.807, 2.05) is 54.6 Å². The fourth-order valence-corrected chi connectivity index (χ4v) is 2.34. The number of carbonyl (C=O) groups is 1. The lowest BCUT2D eigenvalue weighted by atomic mass is 10.2. The molecule has 0 aliphatic heterocycles. The minimum absolute atomic E-state index is 0.0567. The molecule has 0 heterocycles. The summed E-state index contributed by atoms with van der Waals surface area (Å²) in [6, 6.07) is 23.9. The van der Waals surface area contributed by atoms with Gasteiger partial charge >= 0.3 is 6.03 Å². The summed E-state index contributed by atoms with van der Waals surface area (Å²) in [5.41, 5.74) is 2.63. The first-order valence-electron chi connectivity index (χ1n) is 8.04. The van der Waals surface area contributed by atoms with Gasteiger partial charge in [0.15, 0.2) is 6.73 Å². The molecule has 3 N–H and O–H groups in total. The number of hydrogen-bond acceptors (Lipinski definition) is 3. The van der Waals surface area contributed by atoms with Gasteiger partial charge in [0.1, 0.15) is 5.75 Å². The number of urea groups is 1. The number of amides is 2. The predicted molar refractivity (Wildman–Crippen MR) is 105 cm³/mol. The molecule has 0 aliphatic carbocycles. The van der Waals surface area contributed by atoms with Gasteiger partial charge in [-0.25, -0.2) is 4.79 Å². The lowest BCUT2D eigenvalue weighted by Crippen LogP contribution is -2.31. The van der Waals surface area contributed by atoms with Crippen molar-refractivity contribution in [3.8, 4) is 5.75 Å². The Morgan fingerprint density at radius 3 is 2.12 bits per heavy atom. The van der Waals surface area contributed by atoms with Crippen LogP contribution in [0.25, 0.3) is 0 Å². The van der Waals surface area contributed by atoms with Crippen LogP contribution in [0.3, 0.4) is 0 Å². The topological polar surface area (TPSA) is 62.4 Å². The second-order valence-corrected chi connectivity index (χ2v) is 5.88. The van der Waals surface area contributed by atoms with Gasteiger partial charge in [0.2, 0.25) is 0 Å². The lowest BCUT2D eigenvalue weighted by Gasteiger charge is -2.10. The van der Waals surface area contributed by atoms with Gasteiger partial charge in [0, 0.05) is 22.1 Å². The molecule has 5 nitrogen and oxygen atoms in total. The van der Waals surface area contributed by atoms with Crippen LogP contribution >= 0.6 is 11.6 Å². The van der Waals surface area contributed by atoms with Crippen LogP contribution < -0.4 is 20.7 Å². The normalized spacial score (nSPS) is 10.0. The minimum Gasteiger partial charge on any atom is -0.473 e. The number of nitrogens with one attached hydrogen (secondary N) is 3. The number of benzene rings is 3. The van der Waals surface area contributed by atoms with E-state index in [1.54, 1.807) is 24.3 Å². The van der Waals surface area contributed by atoms with E-state index in [9.17, 15) is 4.79 Å². The highest BCUT2D eigenvalue weighted by Crippen LogP contribution is 2.18. The maximum Gasteiger partial charge on any atom is 0.321 e. The van der Waals surface area contributed by atoms with Crippen molar-refractivity contribution in [3.63, 3.8) is 0 Å². The Hall–Kier alpha value is -3.18. The second-order valence-electron chi connectivity index (χ2n) is 5.44. The van der Waals surface area contributed by atoms with E-state index in [1.165, 1.54) is 0 Å². The molecular weight excluding hydrogens is 350 g/mol. The summed E-state index contributed by atoms with van der Waals surface area (Å²) in [4.78, 5) is 11.9. The summed E-state index contributed by atoms with van der Waals surface area (Å²) in [6.07, 6.45) is 0. The Morgan fingerprint density at radius 1 is 0.808 bits per heavy atom. The van der Waals surface area contributed by atoms with Crippen LogP contribution in [0.15, 0.2) is 78.9 Å². The van der Waals surface area contributed by atoms with Gasteiger partial charge in [-0.2, -0.15) is 0 Å². The molecule has 0 aromatic heterocycles. The molecule has 0 saturated heterocycles. The van der Waals surface area contributed by atoms with Crippen molar-refractivity contribution in [2.75, 3.05) is 17.4 Å². The van der Waals surface area contributed by atoms with Crippen LogP contribution in [-0.2, 0) is 0 Å². The van der Waals surface area contributed by atoms with Gasteiger partial charge in [-0.05, 0) is 60.7 Å². The Kier molecular flexibility index (Phi) is 5.96. The van der Waals surface area contributed by atoms with E-state index in [0.717, 1.165) is 11.4 Å². The zero-order valence-electron chi connectivity index (χ0n) is 13.9. The Morgan fingerprint density at radius 2 is 1.42 bits per heavy atom. The molecule has 0 fully saturated rings. The zero-order chi connectivity index (χ0) is 18.2. The molecule has 6 heteroatoms. The molecule has 3 rings (SSSR count). The van der Waals surface area contributed by atoms with E-state index in [2.05, 4.69) is 16.0 Å². The largest absolute Gasteiger partial charge is 0.473 e. The van der Waals surface area contributed by atoms with Crippen molar-refractivity contribution in [2.24, 2.45) is 0 Å². The number of ether oxygens (including phenoxy) is 1. The van der Waals surface area contributed by atoms with Crippen LogP contribution in [0.5, 0.6) is 5.75 Å². The number of hydrogen-bond donors (Lipinski definition) is 3. The number of para-hydroxylation sites is 1. The molecule has 3 aromatic carbocycles. The summed E-state index contributed by atoms with van der Waals surface area (Å²) in [5, 5.41) is 9.29. The van der Waals surface area contributed by atoms with Gasteiger partial charge in [-0.1, -0.05) is 29.8 Å². The molecular formula is C20H18ClN3O2. The highest BCUT2D eigenvalue weighted by molar-refractivity contribution is 6.30. The summed E-state index contributed by atoms with van der Waals surface area (Å²) < 4.78 is 5.41. The molecule has 0 spiro atoms. The van der Waals surface area contributed by atoms with Gasteiger partial charge in [-0.15, -0.1) is 0 Å². The maximum atomic E-state index is 11.9. The Balaban J connectivity index is 1.44. The zero-order valence-corrected chi connectivity index (χ0v) is 14.7. The number of carbonyl (C=O) groups excluding carboxylic acids is 1.